The van der Waals surface area contributed by atoms with Crippen LogP contribution in [-0.2, 0) is 16.3 Å². The van der Waals surface area contributed by atoms with E-state index in [1.54, 1.807) is 0 Å². The monoisotopic (exact) mass is 354 g/mol. The van der Waals surface area contributed by atoms with E-state index in [9.17, 15) is 8.42 Å². The molecule has 0 aliphatic carbocycles. The van der Waals surface area contributed by atoms with Gasteiger partial charge in [0.25, 0.3) is 0 Å². The van der Waals surface area contributed by atoms with Crippen LogP contribution >= 0.6 is 12.2 Å². The molecule has 1 unspecified atom stereocenters. The Morgan fingerprint density at radius 2 is 2.04 bits per heavy atom. The molecule has 1 fully saturated rings. The maximum Gasteiger partial charge on any atom is 0.169 e. The van der Waals surface area contributed by atoms with Gasteiger partial charge in [-0.05, 0) is 36.5 Å². The molecule has 4 nitrogen and oxygen atoms in total. The first-order valence-electron chi connectivity index (χ1n) is 8.16. The molecule has 1 aromatic carbocycles. The van der Waals surface area contributed by atoms with Gasteiger partial charge in [-0.2, -0.15) is 0 Å². The normalized spacial score (nSPS) is 19.7. The molecule has 1 N–H and O–H groups in total. The van der Waals surface area contributed by atoms with Gasteiger partial charge in [0, 0.05) is 19.1 Å². The number of sulfone groups is 1. The Kier molecular flexibility index (Phi) is 6.41. The molecule has 0 radical (unpaired) electrons. The van der Waals surface area contributed by atoms with Crippen LogP contribution in [0.4, 0.5) is 0 Å². The average Bonchev–Trinajstić information content (AvgIpc) is 2.85. The van der Waals surface area contributed by atoms with Crippen molar-refractivity contribution in [3.8, 4) is 0 Å². The molecular weight excluding hydrogens is 328 g/mol. The molecule has 2 rings (SSSR count). The summed E-state index contributed by atoms with van der Waals surface area (Å²) in [4.78, 5) is 2.08. The van der Waals surface area contributed by atoms with Gasteiger partial charge >= 0.3 is 0 Å². The fraction of sp³-hybridized carbons (Fsp3) is 0.588. The number of hydrogen-bond donors (Lipinski definition) is 1. The van der Waals surface area contributed by atoms with E-state index in [1.807, 2.05) is 18.2 Å². The van der Waals surface area contributed by atoms with Crippen molar-refractivity contribution in [1.29, 1.82) is 0 Å². The fourth-order valence-corrected chi connectivity index (χ4v) is 4.93. The maximum absolute atomic E-state index is 11.8. The van der Waals surface area contributed by atoms with Crippen molar-refractivity contribution in [2.24, 2.45) is 5.92 Å². The van der Waals surface area contributed by atoms with Gasteiger partial charge < -0.3 is 10.2 Å². The second-order valence-electron chi connectivity index (χ2n) is 6.57. The lowest BCUT2D eigenvalue weighted by atomic mass is 10.1. The molecule has 0 spiro atoms. The minimum atomic E-state index is -2.90. The van der Waals surface area contributed by atoms with E-state index in [0.29, 0.717) is 17.5 Å². The van der Waals surface area contributed by atoms with Gasteiger partial charge in [0.1, 0.15) is 0 Å². The molecule has 1 heterocycles. The number of thiocarbonyl (C=S) groups is 1. The summed E-state index contributed by atoms with van der Waals surface area (Å²) < 4.78 is 23.5. The quantitative estimate of drug-likeness (QED) is 0.794. The Labute approximate surface area is 145 Å². The zero-order valence-corrected chi connectivity index (χ0v) is 15.5. The van der Waals surface area contributed by atoms with Crippen molar-refractivity contribution >= 4 is 27.2 Å². The summed E-state index contributed by atoms with van der Waals surface area (Å²) in [6.07, 6.45) is 1.58. The largest absolute Gasteiger partial charge is 0.362 e. The Balaban J connectivity index is 1.91. The van der Waals surface area contributed by atoms with Crippen LogP contribution in [0.2, 0.25) is 0 Å². The summed E-state index contributed by atoms with van der Waals surface area (Å²) >= 11 is 5.54. The standard InChI is InChI=1S/C17H26N2O2S2/c1-14(2)12-19(16-9-11-23(20,21)13-16)17(22)18-10-8-15-6-4-3-5-7-15/h3-7,14,16H,8-13H2,1-2H3,(H,18,22). The molecular formula is C17H26N2O2S2. The van der Waals surface area contributed by atoms with E-state index in [1.165, 1.54) is 5.56 Å². The van der Waals surface area contributed by atoms with Gasteiger partial charge in [-0.15, -0.1) is 0 Å². The minimum absolute atomic E-state index is 0.0131. The van der Waals surface area contributed by atoms with Crippen LogP contribution in [0.5, 0.6) is 0 Å². The summed E-state index contributed by atoms with van der Waals surface area (Å²) in [5.41, 5.74) is 1.27. The summed E-state index contributed by atoms with van der Waals surface area (Å²) in [6.45, 7) is 5.81. The minimum Gasteiger partial charge on any atom is -0.362 e. The predicted molar refractivity (Wildman–Crippen MR) is 99.3 cm³/mol. The van der Waals surface area contributed by atoms with Crippen LogP contribution in [0.3, 0.4) is 0 Å². The molecule has 0 bridgehead atoms. The first kappa shape index (κ1) is 18.2. The van der Waals surface area contributed by atoms with Crippen LogP contribution in [0.25, 0.3) is 0 Å². The zero-order chi connectivity index (χ0) is 16.9. The van der Waals surface area contributed by atoms with Crippen molar-refractivity contribution < 1.29 is 8.42 Å². The topological polar surface area (TPSA) is 49.4 Å². The molecule has 0 aromatic heterocycles. The lowest BCUT2D eigenvalue weighted by molar-refractivity contribution is 0.295. The smallest absolute Gasteiger partial charge is 0.169 e. The molecule has 1 aliphatic heterocycles. The number of rotatable bonds is 6. The third-order valence-electron chi connectivity index (χ3n) is 4.00. The van der Waals surface area contributed by atoms with Crippen LogP contribution in [0, 0.1) is 5.92 Å². The highest BCUT2D eigenvalue weighted by molar-refractivity contribution is 7.91. The second kappa shape index (κ2) is 8.11. The van der Waals surface area contributed by atoms with Crippen molar-refractivity contribution in [3.63, 3.8) is 0 Å². The molecule has 6 heteroatoms. The lowest BCUT2D eigenvalue weighted by Gasteiger charge is -2.32. The number of benzene rings is 1. The summed E-state index contributed by atoms with van der Waals surface area (Å²) in [5.74, 6) is 0.936. The molecule has 128 valence electrons. The number of hydrogen-bond acceptors (Lipinski definition) is 3. The highest BCUT2D eigenvalue weighted by Gasteiger charge is 2.33. The van der Waals surface area contributed by atoms with Gasteiger partial charge in [0.2, 0.25) is 0 Å². The predicted octanol–water partition coefficient (Wildman–Crippen LogP) is 2.25. The van der Waals surface area contributed by atoms with Gasteiger partial charge in [-0.25, -0.2) is 8.42 Å². The van der Waals surface area contributed by atoms with Crippen molar-refractivity contribution in [2.75, 3.05) is 24.6 Å². The van der Waals surface area contributed by atoms with E-state index >= 15 is 0 Å². The Morgan fingerprint density at radius 1 is 1.35 bits per heavy atom. The maximum atomic E-state index is 11.8. The number of nitrogens with one attached hydrogen (secondary N) is 1. The first-order valence-corrected chi connectivity index (χ1v) is 10.4. The third-order valence-corrected chi connectivity index (χ3v) is 6.13. The van der Waals surface area contributed by atoms with E-state index in [4.69, 9.17) is 12.2 Å². The fourth-order valence-electron chi connectivity index (χ4n) is 2.87. The summed E-state index contributed by atoms with van der Waals surface area (Å²) in [7, 11) is -2.90. The van der Waals surface area contributed by atoms with Crippen LogP contribution in [-0.4, -0.2) is 49.1 Å². The van der Waals surface area contributed by atoms with Crippen LogP contribution < -0.4 is 5.32 Å². The van der Waals surface area contributed by atoms with Crippen molar-refractivity contribution in [3.05, 3.63) is 35.9 Å². The third kappa shape index (κ3) is 5.77. The zero-order valence-electron chi connectivity index (χ0n) is 13.9. The van der Waals surface area contributed by atoms with Crippen LogP contribution in [0.1, 0.15) is 25.8 Å². The summed E-state index contributed by atoms with van der Waals surface area (Å²) in [5, 5.41) is 3.98. The highest BCUT2D eigenvalue weighted by atomic mass is 32.2. The Bertz CT molecular complexity index is 615. The molecule has 1 aromatic rings. The molecule has 1 aliphatic rings. The highest BCUT2D eigenvalue weighted by Crippen LogP contribution is 2.19. The number of nitrogens with zero attached hydrogens (tertiary/aromatic N) is 1. The van der Waals surface area contributed by atoms with Crippen molar-refractivity contribution in [2.45, 2.75) is 32.7 Å². The first-order chi connectivity index (χ1) is 10.9. The Morgan fingerprint density at radius 3 is 2.61 bits per heavy atom. The average molecular weight is 355 g/mol. The van der Waals surface area contributed by atoms with E-state index in [-0.39, 0.29) is 17.5 Å². The Hall–Kier alpha value is -1.14. The molecule has 0 saturated carbocycles. The molecule has 23 heavy (non-hydrogen) atoms. The van der Waals surface area contributed by atoms with E-state index in [2.05, 4.69) is 36.2 Å². The van der Waals surface area contributed by atoms with Gasteiger partial charge in [-0.3, -0.25) is 0 Å². The van der Waals surface area contributed by atoms with Crippen LogP contribution in [0.15, 0.2) is 30.3 Å². The van der Waals surface area contributed by atoms with Gasteiger partial charge in [0.15, 0.2) is 14.9 Å². The molecule has 1 atom stereocenters. The molecule has 0 amide bonds. The SMILES string of the molecule is CC(C)CN(C(=S)NCCc1ccccc1)C1CCS(=O)(=O)C1. The van der Waals surface area contributed by atoms with Gasteiger partial charge in [-0.1, -0.05) is 44.2 Å². The van der Waals surface area contributed by atoms with E-state index in [0.717, 1.165) is 19.5 Å². The van der Waals surface area contributed by atoms with Gasteiger partial charge in [0.05, 0.1) is 11.5 Å². The lowest BCUT2D eigenvalue weighted by Crippen LogP contribution is -2.48. The summed E-state index contributed by atoms with van der Waals surface area (Å²) in [6, 6.07) is 10.3. The second-order valence-corrected chi connectivity index (χ2v) is 9.19. The van der Waals surface area contributed by atoms with E-state index < -0.39 is 9.84 Å². The van der Waals surface area contributed by atoms with Crippen molar-refractivity contribution in [1.82, 2.24) is 10.2 Å². The molecule has 1 saturated heterocycles.